The molecule has 114 valence electrons. The van der Waals surface area contributed by atoms with E-state index in [0.29, 0.717) is 0 Å². The van der Waals surface area contributed by atoms with E-state index in [2.05, 4.69) is 27.9 Å². The molecule has 0 aliphatic rings. The monoisotopic (exact) mass is 413 g/mol. The van der Waals surface area contributed by atoms with Gasteiger partial charge in [-0.25, -0.2) is 9.18 Å². The first-order valence-electron chi connectivity index (χ1n) is 6.50. The van der Waals surface area contributed by atoms with Crippen LogP contribution in [0.3, 0.4) is 0 Å². The number of aliphatic carboxylic acids is 1. The van der Waals surface area contributed by atoms with Crippen LogP contribution in [0.1, 0.15) is 15.9 Å². The van der Waals surface area contributed by atoms with Crippen molar-refractivity contribution in [2.24, 2.45) is 0 Å². The summed E-state index contributed by atoms with van der Waals surface area (Å²) < 4.78 is 14.5. The van der Waals surface area contributed by atoms with Crippen molar-refractivity contribution in [2.75, 3.05) is 0 Å². The summed E-state index contributed by atoms with van der Waals surface area (Å²) >= 11 is 2.10. The highest BCUT2D eigenvalue weighted by Crippen LogP contribution is 2.14. The van der Waals surface area contributed by atoms with Crippen molar-refractivity contribution >= 4 is 34.5 Å². The molecule has 4 nitrogen and oxygen atoms in total. The molecule has 0 aromatic heterocycles. The molecule has 2 aromatic carbocycles. The quantitative estimate of drug-likeness (QED) is 0.742. The summed E-state index contributed by atoms with van der Waals surface area (Å²) in [6.45, 7) is 0. The van der Waals surface area contributed by atoms with Crippen LogP contribution in [0.25, 0.3) is 0 Å². The first-order valence-corrected chi connectivity index (χ1v) is 7.58. The Hall–Kier alpha value is -1.96. The molecule has 1 amide bonds. The van der Waals surface area contributed by atoms with E-state index in [0.717, 1.165) is 15.2 Å². The van der Waals surface area contributed by atoms with E-state index >= 15 is 0 Å². The molecule has 0 aliphatic carbocycles. The summed E-state index contributed by atoms with van der Waals surface area (Å²) in [4.78, 5) is 23.4. The molecule has 0 fully saturated rings. The number of halogens is 2. The van der Waals surface area contributed by atoms with E-state index in [-0.39, 0.29) is 12.0 Å². The van der Waals surface area contributed by atoms with Gasteiger partial charge in [-0.2, -0.15) is 0 Å². The van der Waals surface area contributed by atoms with Crippen molar-refractivity contribution in [2.45, 2.75) is 12.5 Å². The predicted molar refractivity (Wildman–Crippen MR) is 88.2 cm³/mol. The van der Waals surface area contributed by atoms with Crippen LogP contribution < -0.4 is 5.32 Å². The number of hydrogen-bond donors (Lipinski definition) is 2. The summed E-state index contributed by atoms with van der Waals surface area (Å²) in [6.07, 6.45) is 0.134. The molecule has 22 heavy (non-hydrogen) atoms. The number of carbonyl (C=O) groups excluding carboxylic acids is 1. The summed E-state index contributed by atoms with van der Waals surface area (Å²) in [5.41, 5.74) is 0.640. The fraction of sp³-hybridized carbons (Fsp3) is 0.125. The summed E-state index contributed by atoms with van der Waals surface area (Å²) in [7, 11) is 0. The van der Waals surface area contributed by atoms with Crippen molar-refractivity contribution in [3.05, 3.63) is 69.0 Å². The highest BCUT2D eigenvalue weighted by atomic mass is 127. The van der Waals surface area contributed by atoms with Crippen LogP contribution in [0, 0.1) is 9.39 Å². The van der Waals surface area contributed by atoms with Crippen molar-refractivity contribution in [3.63, 3.8) is 0 Å². The lowest BCUT2D eigenvalue weighted by Gasteiger charge is -2.15. The minimum atomic E-state index is -1.16. The Balaban J connectivity index is 2.16. The Labute approximate surface area is 140 Å². The molecule has 2 rings (SSSR count). The Morgan fingerprint density at radius 1 is 1.14 bits per heavy atom. The topological polar surface area (TPSA) is 66.4 Å². The van der Waals surface area contributed by atoms with E-state index in [1.165, 1.54) is 18.2 Å². The lowest BCUT2D eigenvalue weighted by Crippen LogP contribution is -2.42. The number of amides is 1. The predicted octanol–water partition coefficient (Wildman–Crippen LogP) is 2.86. The zero-order valence-corrected chi connectivity index (χ0v) is 13.6. The molecule has 2 aromatic rings. The molecule has 0 spiro atoms. The normalized spacial score (nSPS) is 11.7. The minimum absolute atomic E-state index is 0.134. The second-order valence-corrected chi connectivity index (χ2v) is 5.80. The zero-order valence-electron chi connectivity index (χ0n) is 11.4. The minimum Gasteiger partial charge on any atom is -0.480 e. The molecule has 6 heteroatoms. The average Bonchev–Trinajstić information content (AvgIpc) is 2.49. The fourth-order valence-corrected chi connectivity index (χ4v) is 2.57. The van der Waals surface area contributed by atoms with E-state index in [1.54, 1.807) is 12.1 Å². The molecule has 0 saturated heterocycles. The van der Waals surface area contributed by atoms with Gasteiger partial charge in [0.05, 0.1) is 5.56 Å². The molecular formula is C16H13FINO3. The average molecular weight is 413 g/mol. The van der Waals surface area contributed by atoms with Crippen LogP contribution in [0.4, 0.5) is 4.39 Å². The maximum atomic E-state index is 13.6. The van der Waals surface area contributed by atoms with Crippen LogP contribution in [0.2, 0.25) is 0 Å². The molecule has 1 atom stereocenters. The first-order chi connectivity index (χ1) is 10.5. The number of nitrogens with one attached hydrogen (secondary N) is 1. The number of carboxylic acids is 1. The standard InChI is InChI=1S/C16H13FINO3/c17-12-7-3-2-6-11(12)15(20)19-14(16(21)22)9-10-5-1-4-8-13(10)18/h1-8,14H,9H2,(H,19,20)(H,21,22)/t14-/m1/s1. The summed E-state index contributed by atoms with van der Waals surface area (Å²) in [5, 5.41) is 11.6. The lowest BCUT2D eigenvalue weighted by molar-refractivity contribution is -0.139. The summed E-state index contributed by atoms with van der Waals surface area (Å²) in [5.74, 6) is -2.58. The maximum absolute atomic E-state index is 13.6. The van der Waals surface area contributed by atoms with Crippen LogP contribution in [-0.2, 0) is 11.2 Å². The Morgan fingerprint density at radius 2 is 1.77 bits per heavy atom. The third kappa shape index (κ3) is 4.03. The molecular weight excluding hydrogens is 400 g/mol. The zero-order chi connectivity index (χ0) is 16.1. The van der Waals surface area contributed by atoms with E-state index in [1.807, 2.05) is 12.1 Å². The number of rotatable bonds is 5. The van der Waals surface area contributed by atoms with Gasteiger partial charge in [0.2, 0.25) is 0 Å². The van der Waals surface area contributed by atoms with Gasteiger partial charge in [0.15, 0.2) is 0 Å². The van der Waals surface area contributed by atoms with Crippen molar-refractivity contribution < 1.29 is 19.1 Å². The third-order valence-electron chi connectivity index (χ3n) is 3.10. The van der Waals surface area contributed by atoms with E-state index in [4.69, 9.17) is 0 Å². The smallest absolute Gasteiger partial charge is 0.326 e. The van der Waals surface area contributed by atoms with Gasteiger partial charge in [-0.15, -0.1) is 0 Å². The van der Waals surface area contributed by atoms with Gasteiger partial charge in [-0.3, -0.25) is 4.79 Å². The number of carbonyl (C=O) groups is 2. The number of carboxylic acid groups (broad SMARTS) is 1. The number of hydrogen-bond acceptors (Lipinski definition) is 2. The van der Waals surface area contributed by atoms with Gasteiger partial charge >= 0.3 is 5.97 Å². The Bertz CT molecular complexity index is 705. The Kier molecular flexibility index (Phi) is 5.48. The maximum Gasteiger partial charge on any atom is 0.326 e. The van der Waals surface area contributed by atoms with E-state index < -0.39 is 23.7 Å². The van der Waals surface area contributed by atoms with Crippen LogP contribution in [0.5, 0.6) is 0 Å². The van der Waals surface area contributed by atoms with Crippen molar-refractivity contribution in [1.82, 2.24) is 5.32 Å². The van der Waals surface area contributed by atoms with Gasteiger partial charge in [-0.1, -0.05) is 30.3 Å². The molecule has 2 N–H and O–H groups in total. The summed E-state index contributed by atoms with van der Waals surface area (Å²) in [6, 6.07) is 11.6. The van der Waals surface area contributed by atoms with Crippen LogP contribution in [0.15, 0.2) is 48.5 Å². The third-order valence-corrected chi connectivity index (χ3v) is 4.16. The molecule has 0 heterocycles. The van der Waals surface area contributed by atoms with Gasteiger partial charge < -0.3 is 10.4 Å². The molecule has 0 saturated carbocycles. The SMILES string of the molecule is O=C(N[C@H](Cc1ccccc1I)C(=O)O)c1ccccc1F. The second-order valence-electron chi connectivity index (χ2n) is 4.64. The van der Waals surface area contributed by atoms with Crippen molar-refractivity contribution in [1.29, 1.82) is 0 Å². The largest absolute Gasteiger partial charge is 0.480 e. The number of benzene rings is 2. The van der Waals surface area contributed by atoms with Crippen LogP contribution in [-0.4, -0.2) is 23.0 Å². The molecule has 0 radical (unpaired) electrons. The first kappa shape index (κ1) is 16.4. The second kappa shape index (κ2) is 7.35. The molecule has 0 unspecified atom stereocenters. The lowest BCUT2D eigenvalue weighted by atomic mass is 10.1. The highest BCUT2D eigenvalue weighted by Gasteiger charge is 2.23. The fourth-order valence-electron chi connectivity index (χ4n) is 1.97. The van der Waals surface area contributed by atoms with Gasteiger partial charge in [0.1, 0.15) is 11.9 Å². The molecule has 0 aliphatic heterocycles. The van der Waals surface area contributed by atoms with Gasteiger partial charge in [-0.05, 0) is 46.4 Å². The highest BCUT2D eigenvalue weighted by molar-refractivity contribution is 14.1. The van der Waals surface area contributed by atoms with Gasteiger partial charge in [0, 0.05) is 9.99 Å². The van der Waals surface area contributed by atoms with Crippen LogP contribution >= 0.6 is 22.6 Å². The van der Waals surface area contributed by atoms with E-state index in [9.17, 15) is 19.1 Å². The molecule has 0 bridgehead atoms. The Morgan fingerprint density at radius 3 is 2.41 bits per heavy atom. The van der Waals surface area contributed by atoms with Crippen molar-refractivity contribution in [3.8, 4) is 0 Å². The van der Waals surface area contributed by atoms with Gasteiger partial charge in [0.25, 0.3) is 5.91 Å².